The highest BCUT2D eigenvalue weighted by atomic mass is 19.1. The Morgan fingerprint density at radius 1 is 1.36 bits per heavy atom. The summed E-state index contributed by atoms with van der Waals surface area (Å²) in [5, 5.41) is 1.42. The van der Waals surface area contributed by atoms with Gasteiger partial charge >= 0.3 is 0 Å². The average molecular weight is 187 g/mol. The van der Waals surface area contributed by atoms with Gasteiger partial charge in [0, 0.05) is 6.07 Å². The van der Waals surface area contributed by atoms with E-state index in [1.807, 2.05) is 0 Å². The molecule has 0 saturated carbocycles. The van der Waals surface area contributed by atoms with Crippen LogP contribution in [0.4, 0.5) is 4.39 Å². The highest BCUT2D eigenvalue weighted by Crippen LogP contribution is 2.18. The third-order valence-corrected chi connectivity index (χ3v) is 2.04. The van der Waals surface area contributed by atoms with Gasteiger partial charge < -0.3 is 4.74 Å². The maximum Gasteiger partial charge on any atom is 0.212 e. The van der Waals surface area contributed by atoms with E-state index in [1.54, 1.807) is 25.3 Å². The van der Waals surface area contributed by atoms with Gasteiger partial charge in [-0.2, -0.15) is 4.39 Å². The highest BCUT2D eigenvalue weighted by Gasteiger charge is 2.02. The fraction of sp³-hybridized carbons (Fsp3) is 0.100. The van der Waals surface area contributed by atoms with Crippen molar-refractivity contribution in [1.29, 1.82) is 0 Å². The van der Waals surface area contributed by atoms with Crippen LogP contribution in [-0.4, -0.2) is 19.9 Å². The molecule has 2 rings (SSSR count). The van der Waals surface area contributed by atoms with Crippen molar-refractivity contribution >= 4 is 24.2 Å². The molecule has 0 aliphatic heterocycles. The monoisotopic (exact) mass is 187 g/mol. The minimum absolute atomic E-state index is 0.197. The Bertz CT molecular complexity index is 487. The number of halogens is 1. The van der Waals surface area contributed by atoms with E-state index in [2.05, 4.69) is 4.98 Å². The number of methoxy groups -OCH3 is 1. The number of hydrogen-bond acceptors (Lipinski definition) is 2. The summed E-state index contributed by atoms with van der Waals surface area (Å²) >= 11 is 0. The highest BCUT2D eigenvalue weighted by molar-refractivity contribution is 6.37. The van der Waals surface area contributed by atoms with Gasteiger partial charge in [0.25, 0.3) is 0 Å². The quantitative estimate of drug-likeness (QED) is 0.493. The molecule has 4 heteroatoms. The summed E-state index contributed by atoms with van der Waals surface area (Å²) in [5.74, 6) is 0.0887. The second kappa shape index (κ2) is 3.29. The summed E-state index contributed by atoms with van der Waals surface area (Å²) in [7, 11) is 7.11. The smallest absolute Gasteiger partial charge is 0.212 e. The second-order valence-corrected chi connectivity index (χ2v) is 2.92. The van der Waals surface area contributed by atoms with Gasteiger partial charge in [-0.3, -0.25) is 0 Å². The van der Waals surface area contributed by atoms with E-state index in [-0.39, 0.29) is 5.59 Å². The number of nitrogens with zero attached hydrogens (tertiary/aromatic N) is 1. The molecule has 2 radical (unpaired) electrons. The molecular formula is C10H7BFNO. The molecule has 0 bridgehead atoms. The van der Waals surface area contributed by atoms with Crippen molar-refractivity contribution < 1.29 is 9.13 Å². The summed E-state index contributed by atoms with van der Waals surface area (Å²) in [6.07, 6.45) is 0. The van der Waals surface area contributed by atoms with Crippen LogP contribution in [0.3, 0.4) is 0 Å². The molecular weight excluding hydrogens is 180 g/mol. The average Bonchev–Trinajstić information content (AvgIpc) is 2.16. The van der Waals surface area contributed by atoms with Crippen LogP contribution in [0, 0.1) is 5.95 Å². The first-order chi connectivity index (χ1) is 6.70. The predicted molar refractivity (Wildman–Crippen MR) is 53.6 cm³/mol. The molecule has 0 aliphatic carbocycles. The Labute approximate surface area is 82.1 Å². The summed E-state index contributed by atoms with van der Waals surface area (Å²) in [6, 6.07) is 6.57. The Balaban J connectivity index is 2.75. The van der Waals surface area contributed by atoms with Crippen molar-refractivity contribution in [2.45, 2.75) is 0 Å². The molecule has 14 heavy (non-hydrogen) atoms. The molecule has 2 aromatic rings. The molecule has 0 unspecified atom stereocenters. The van der Waals surface area contributed by atoms with Crippen LogP contribution in [0.25, 0.3) is 10.8 Å². The normalized spacial score (nSPS) is 10.4. The first-order valence-electron chi connectivity index (χ1n) is 4.10. The van der Waals surface area contributed by atoms with E-state index in [4.69, 9.17) is 12.6 Å². The predicted octanol–water partition coefficient (Wildman–Crippen LogP) is 1.18. The zero-order valence-corrected chi connectivity index (χ0v) is 7.62. The molecule has 0 spiro atoms. The van der Waals surface area contributed by atoms with Crippen molar-refractivity contribution in [3.05, 3.63) is 30.2 Å². The largest absolute Gasteiger partial charge is 0.497 e. The van der Waals surface area contributed by atoms with Gasteiger partial charge in [0.05, 0.1) is 7.11 Å². The number of pyridine rings is 1. The Morgan fingerprint density at radius 2 is 2.14 bits per heavy atom. The minimum Gasteiger partial charge on any atom is -0.497 e. The molecule has 0 saturated heterocycles. The first kappa shape index (κ1) is 9.00. The maximum atomic E-state index is 12.9. The summed E-state index contributed by atoms with van der Waals surface area (Å²) in [5.41, 5.74) is 0.197. The number of aromatic nitrogens is 1. The van der Waals surface area contributed by atoms with Crippen LogP contribution in [0.2, 0.25) is 0 Å². The van der Waals surface area contributed by atoms with Crippen molar-refractivity contribution in [3.8, 4) is 5.75 Å². The number of rotatable bonds is 1. The van der Waals surface area contributed by atoms with Crippen LogP contribution >= 0.6 is 0 Å². The topological polar surface area (TPSA) is 22.1 Å². The van der Waals surface area contributed by atoms with Crippen LogP contribution < -0.4 is 10.3 Å². The van der Waals surface area contributed by atoms with Gasteiger partial charge in [0.15, 0.2) is 0 Å². The zero-order valence-electron chi connectivity index (χ0n) is 7.62. The van der Waals surface area contributed by atoms with E-state index in [1.165, 1.54) is 6.07 Å². The van der Waals surface area contributed by atoms with Crippen molar-refractivity contribution in [2.75, 3.05) is 7.11 Å². The third-order valence-electron chi connectivity index (χ3n) is 2.04. The molecule has 0 atom stereocenters. The first-order valence-corrected chi connectivity index (χ1v) is 4.10. The molecule has 68 valence electrons. The van der Waals surface area contributed by atoms with Gasteiger partial charge in [-0.15, -0.1) is 0 Å². The van der Waals surface area contributed by atoms with Gasteiger partial charge in [-0.05, 0) is 34.6 Å². The Morgan fingerprint density at radius 3 is 2.86 bits per heavy atom. The van der Waals surface area contributed by atoms with E-state index in [0.29, 0.717) is 11.1 Å². The molecule has 1 aromatic heterocycles. The molecule has 1 aromatic carbocycles. The SMILES string of the molecule is [B]c1nc(F)cc2cc(OC)ccc12. The molecule has 0 N–H and O–H groups in total. The zero-order chi connectivity index (χ0) is 10.1. The van der Waals surface area contributed by atoms with Crippen LogP contribution in [-0.2, 0) is 0 Å². The van der Waals surface area contributed by atoms with Crippen molar-refractivity contribution in [2.24, 2.45) is 0 Å². The van der Waals surface area contributed by atoms with Crippen LogP contribution in [0.5, 0.6) is 5.75 Å². The Hall–Kier alpha value is -1.58. The van der Waals surface area contributed by atoms with E-state index in [9.17, 15) is 4.39 Å². The third kappa shape index (κ3) is 1.43. The maximum absolute atomic E-state index is 12.9. The number of benzene rings is 1. The van der Waals surface area contributed by atoms with Crippen LogP contribution in [0.15, 0.2) is 24.3 Å². The van der Waals surface area contributed by atoms with E-state index < -0.39 is 5.95 Å². The fourth-order valence-electron chi connectivity index (χ4n) is 1.36. The second-order valence-electron chi connectivity index (χ2n) is 2.92. The lowest BCUT2D eigenvalue weighted by atomic mass is 9.96. The fourth-order valence-corrected chi connectivity index (χ4v) is 1.36. The summed E-state index contributed by atoms with van der Waals surface area (Å²) in [6.45, 7) is 0. The Kier molecular flexibility index (Phi) is 2.12. The number of ether oxygens (including phenoxy) is 1. The lowest BCUT2D eigenvalue weighted by molar-refractivity contribution is 0.415. The van der Waals surface area contributed by atoms with Crippen molar-refractivity contribution in [1.82, 2.24) is 4.98 Å². The molecule has 0 fully saturated rings. The molecule has 2 nitrogen and oxygen atoms in total. The van der Waals surface area contributed by atoms with Gasteiger partial charge in [-0.1, -0.05) is 0 Å². The standard InChI is InChI=1S/C10H7BFNO/c1-14-7-2-3-8-6(4-7)5-9(12)13-10(8)11/h2-5H,1H3. The molecule has 0 amide bonds. The van der Waals surface area contributed by atoms with E-state index >= 15 is 0 Å². The minimum atomic E-state index is -0.580. The molecule has 0 aliphatic rings. The molecule has 1 heterocycles. The lowest BCUT2D eigenvalue weighted by Crippen LogP contribution is -2.11. The number of fused-ring (bicyclic) bond motifs is 1. The van der Waals surface area contributed by atoms with Gasteiger partial charge in [-0.25, -0.2) is 4.98 Å². The van der Waals surface area contributed by atoms with Gasteiger partial charge in [0.2, 0.25) is 5.95 Å². The van der Waals surface area contributed by atoms with Crippen LogP contribution in [0.1, 0.15) is 0 Å². The van der Waals surface area contributed by atoms with Gasteiger partial charge in [0.1, 0.15) is 13.6 Å². The lowest BCUT2D eigenvalue weighted by Gasteiger charge is -2.04. The summed E-state index contributed by atoms with van der Waals surface area (Å²) < 4.78 is 17.9. The van der Waals surface area contributed by atoms with E-state index in [0.717, 1.165) is 5.39 Å². The summed E-state index contributed by atoms with van der Waals surface area (Å²) in [4.78, 5) is 3.53. The van der Waals surface area contributed by atoms with Crippen molar-refractivity contribution in [3.63, 3.8) is 0 Å². The number of hydrogen-bond donors (Lipinski definition) is 0.